The van der Waals surface area contributed by atoms with E-state index in [0.29, 0.717) is 0 Å². The summed E-state index contributed by atoms with van der Waals surface area (Å²) in [6.07, 6.45) is -7.29. The van der Waals surface area contributed by atoms with Crippen LogP contribution in [0.2, 0.25) is 0 Å². The fourth-order valence-electron chi connectivity index (χ4n) is 2.77. The largest absolute Gasteiger partial charge is 0.508 e. The van der Waals surface area contributed by atoms with Crippen LogP contribution < -0.4 is 0 Å². The van der Waals surface area contributed by atoms with E-state index >= 15 is 0 Å². The number of aliphatic hydroxyl groups is 4. The van der Waals surface area contributed by atoms with E-state index in [4.69, 9.17) is 4.74 Å². The molecule has 0 aromatic heterocycles. The van der Waals surface area contributed by atoms with Crippen LogP contribution in [0.1, 0.15) is 35.9 Å². The SMILES string of the molecule is CC(C)C(=O)c1c(O)cc(O)cc1[C@@H]1O[C@H](CO)[C@@H](O)[C@H](O)[C@H]1O. The Bertz CT molecular complexity index is 612. The Morgan fingerprint density at radius 2 is 1.75 bits per heavy atom. The highest BCUT2D eigenvalue weighted by atomic mass is 16.5. The van der Waals surface area contributed by atoms with Gasteiger partial charge in [-0.2, -0.15) is 0 Å². The summed E-state index contributed by atoms with van der Waals surface area (Å²) in [6.45, 7) is 2.61. The van der Waals surface area contributed by atoms with Crippen LogP contribution in [0, 0.1) is 5.92 Å². The molecule has 0 radical (unpaired) electrons. The Morgan fingerprint density at radius 1 is 1.12 bits per heavy atom. The van der Waals surface area contributed by atoms with Crippen molar-refractivity contribution in [3.63, 3.8) is 0 Å². The first-order chi connectivity index (χ1) is 11.2. The maximum absolute atomic E-state index is 12.4. The summed E-state index contributed by atoms with van der Waals surface area (Å²) in [5.41, 5.74) is -0.171. The third-order valence-electron chi connectivity index (χ3n) is 4.10. The predicted molar refractivity (Wildman–Crippen MR) is 81.7 cm³/mol. The summed E-state index contributed by atoms with van der Waals surface area (Å²) < 4.78 is 5.41. The second-order valence-corrected chi connectivity index (χ2v) is 6.20. The molecule has 0 unspecified atom stereocenters. The highest BCUT2D eigenvalue weighted by molar-refractivity contribution is 6.01. The van der Waals surface area contributed by atoms with Crippen molar-refractivity contribution in [2.75, 3.05) is 6.61 Å². The lowest BCUT2D eigenvalue weighted by Crippen LogP contribution is -2.55. The zero-order valence-electron chi connectivity index (χ0n) is 13.3. The summed E-state index contributed by atoms with van der Waals surface area (Å²) in [5, 5.41) is 59.0. The zero-order chi connectivity index (χ0) is 18.2. The molecule has 2 rings (SSSR count). The van der Waals surface area contributed by atoms with Crippen LogP contribution in [0.4, 0.5) is 0 Å². The lowest BCUT2D eigenvalue weighted by molar-refractivity contribution is -0.231. The van der Waals surface area contributed by atoms with Crippen LogP contribution in [-0.4, -0.2) is 67.4 Å². The summed E-state index contributed by atoms with van der Waals surface area (Å²) >= 11 is 0. The van der Waals surface area contributed by atoms with Gasteiger partial charge in [0.05, 0.1) is 12.2 Å². The van der Waals surface area contributed by atoms with E-state index in [0.717, 1.165) is 12.1 Å². The minimum atomic E-state index is -1.63. The molecule has 8 heteroatoms. The van der Waals surface area contributed by atoms with Gasteiger partial charge in [0.1, 0.15) is 42.0 Å². The number of ether oxygens (including phenoxy) is 1. The molecule has 1 fully saturated rings. The number of phenols is 2. The Balaban J connectivity index is 2.56. The first-order valence-electron chi connectivity index (χ1n) is 7.59. The van der Waals surface area contributed by atoms with Gasteiger partial charge in [0.15, 0.2) is 5.78 Å². The Labute approximate surface area is 138 Å². The van der Waals surface area contributed by atoms with Crippen molar-refractivity contribution < 1.29 is 40.2 Å². The second kappa shape index (κ2) is 7.04. The maximum atomic E-state index is 12.4. The number of ketones is 1. The molecule has 1 aromatic rings. The van der Waals surface area contributed by atoms with Gasteiger partial charge in [-0.15, -0.1) is 0 Å². The molecule has 5 atom stereocenters. The number of Topliss-reactive ketones (excluding diaryl/α,β-unsaturated/α-hetero) is 1. The van der Waals surface area contributed by atoms with E-state index in [1.807, 2.05) is 0 Å². The van der Waals surface area contributed by atoms with Crippen molar-refractivity contribution in [3.05, 3.63) is 23.3 Å². The minimum absolute atomic E-state index is 0.0249. The number of carbonyl (C=O) groups is 1. The van der Waals surface area contributed by atoms with Gasteiger partial charge in [0.2, 0.25) is 0 Å². The van der Waals surface area contributed by atoms with Gasteiger partial charge in [0.25, 0.3) is 0 Å². The molecular weight excluding hydrogens is 320 g/mol. The van der Waals surface area contributed by atoms with Gasteiger partial charge in [-0.25, -0.2) is 0 Å². The monoisotopic (exact) mass is 342 g/mol. The van der Waals surface area contributed by atoms with Crippen molar-refractivity contribution in [1.82, 2.24) is 0 Å². The second-order valence-electron chi connectivity index (χ2n) is 6.20. The van der Waals surface area contributed by atoms with Crippen LogP contribution in [-0.2, 0) is 4.74 Å². The normalized spacial score (nSPS) is 30.5. The van der Waals surface area contributed by atoms with E-state index in [1.165, 1.54) is 0 Å². The zero-order valence-corrected chi connectivity index (χ0v) is 13.3. The Kier molecular flexibility index (Phi) is 5.46. The number of benzene rings is 1. The highest BCUT2D eigenvalue weighted by Crippen LogP contribution is 2.39. The molecule has 1 heterocycles. The van der Waals surface area contributed by atoms with Crippen molar-refractivity contribution in [3.8, 4) is 11.5 Å². The molecule has 0 saturated carbocycles. The molecule has 6 N–H and O–H groups in total. The quantitative estimate of drug-likeness (QED) is 0.399. The molecule has 0 amide bonds. The van der Waals surface area contributed by atoms with Crippen LogP contribution in [0.25, 0.3) is 0 Å². The van der Waals surface area contributed by atoms with E-state index < -0.39 is 54.6 Å². The van der Waals surface area contributed by atoms with Gasteiger partial charge in [0, 0.05) is 17.5 Å². The third-order valence-corrected chi connectivity index (χ3v) is 4.10. The topological polar surface area (TPSA) is 148 Å². The molecule has 0 spiro atoms. The van der Waals surface area contributed by atoms with E-state index in [-0.39, 0.29) is 16.9 Å². The van der Waals surface area contributed by atoms with Crippen LogP contribution in [0.15, 0.2) is 12.1 Å². The van der Waals surface area contributed by atoms with Gasteiger partial charge < -0.3 is 35.4 Å². The first kappa shape index (κ1) is 18.6. The summed E-state index contributed by atoms with van der Waals surface area (Å²) in [6, 6.07) is 2.13. The average molecular weight is 342 g/mol. The molecule has 1 aliphatic rings. The van der Waals surface area contributed by atoms with Crippen LogP contribution in [0.5, 0.6) is 11.5 Å². The Hall–Kier alpha value is -1.71. The van der Waals surface area contributed by atoms with Crippen molar-refractivity contribution >= 4 is 5.78 Å². The van der Waals surface area contributed by atoms with Gasteiger partial charge in [-0.3, -0.25) is 4.79 Å². The van der Waals surface area contributed by atoms with Crippen LogP contribution >= 0.6 is 0 Å². The smallest absolute Gasteiger partial charge is 0.169 e. The minimum Gasteiger partial charge on any atom is -0.508 e. The van der Waals surface area contributed by atoms with E-state index in [1.54, 1.807) is 13.8 Å². The number of aromatic hydroxyl groups is 2. The number of aliphatic hydroxyl groups excluding tert-OH is 4. The van der Waals surface area contributed by atoms with Crippen molar-refractivity contribution in [2.45, 2.75) is 44.4 Å². The third kappa shape index (κ3) is 3.24. The van der Waals surface area contributed by atoms with Gasteiger partial charge >= 0.3 is 0 Å². The molecule has 0 aliphatic carbocycles. The Morgan fingerprint density at radius 3 is 2.29 bits per heavy atom. The molecule has 8 nitrogen and oxygen atoms in total. The number of rotatable bonds is 4. The summed E-state index contributed by atoms with van der Waals surface area (Å²) in [7, 11) is 0. The molecule has 1 aromatic carbocycles. The standard InChI is InChI=1S/C16H22O8/c1-6(2)12(20)11-8(3-7(18)4-9(11)19)16-15(23)14(22)13(21)10(5-17)24-16/h3-4,6,10,13-19,21-23H,5H2,1-2H3/t10-,13-,14+,15-,16+/m1/s1. The number of phenolic OH excluding ortho intramolecular Hbond substituents is 2. The van der Waals surface area contributed by atoms with E-state index in [9.17, 15) is 35.4 Å². The van der Waals surface area contributed by atoms with Crippen LogP contribution in [0.3, 0.4) is 0 Å². The molecular formula is C16H22O8. The lowest BCUT2D eigenvalue weighted by atomic mass is 9.86. The number of hydrogen-bond acceptors (Lipinski definition) is 8. The molecule has 1 saturated heterocycles. The summed E-state index contributed by atoms with van der Waals surface area (Å²) in [5.74, 6) is -1.77. The van der Waals surface area contributed by atoms with Crippen molar-refractivity contribution in [2.24, 2.45) is 5.92 Å². The number of hydrogen-bond donors (Lipinski definition) is 6. The maximum Gasteiger partial charge on any atom is 0.169 e. The first-order valence-corrected chi connectivity index (χ1v) is 7.59. The average Bonchev–Trinajstić information content (AvgIpc) is 2.51. The fourth-order valence-corrected chi connectivity index (χ4v) is 2.77. The summed E-state index contributed by atoms with van der Waals surface area (Å²) in [4.78, 5) is 12.4. The molecule has 1 aliphatic heterocycles. The fraction of sp³-hybridized carbons (Fsp3) is 0.562. The van der Waals surface area contributed by atoms with Gasteiger partial charge in [-0.05, 0) is 6.07 Å². The molecule has 24 heavy (non-hydrogen) atoms. The molecule has 134 valence electrons. The number of carbonyl (C=O) groups excluding carboxylic acids is 1. The van der Waals surface area contributed by atoms with Crippen molar-refractivity contribution in [1.29, 1.82) is 0 Å². The molecule has 0 bridgehead atoms. The lowest BCUT2D eigenvalue weighted by Gasteiger charge is -2.40. The highest BCUT2D eigenvalue weighted by Gasteiger charge is 2.45. The van der Waals surface area contributed by atoms with E-state index in [2.05, 4.69) is 0 Å². The predicted octanol–water partition coefficient (Wildman–Crippen LogP) is -0.549. The van der Waals surface area contributed by atoms with Gasteiger partial charge in [-0.1, -0.05) is 13.8 Å².